The van der Waals surface area contributed by atoms with Gasteiger partial charge in [-0.05, 0) is 36.8 Å². The number of aryl methyl sites for hydroxylation is 1. The fourth-order valence-corrected chi connectivity index (χ4v) is 2.81. The molecule has 0 amide bonds. The summed E-state index contributed by atoms with van der Waals surface area (Å²) < 4.78 is 5.18. The summed E-state index contributed by atoms with van der Waals surface area (Å²) in [6.07, 6.45) is 4.26. The van der Waals surface area contributed by atoms with Crippen molar-refractivity contribution in [2.45, 2.75) is 26.2 Å². The SMILES string of the molecule is COc1cc(-c2cc3c([nH]2)CCC(C)C3)[nH]c1C=O. The molecule has 0 saturated carbocycles. The zero-order chi connectivity index (χ0) is 13.4. The monoisotopic (exact) mass is 258 g/mol. The maximum Gasteiger partial charge on any atom is 0.170 e. The molecular weight excluding hydrogens is 240 g/mol. The Bertz CT molecular complexity index is 610. The molecule has 2 aromatic rings. The molecule has 2 heterocycles. The van der Waals surface area contributed by atoms with Crippen LogP contribution in [0.15, 0.2) is 12.1 Å². The minimum atomic E-state index is 0.485. The maximum atomic E-state index is 10.9. The van der Waals surface area contributed by atoms with Crippen molar-refractivity contribution in [1.82, 2.24) is 9.97 Å². The number of methoxy groups -OCH3 is 1. The average molecular weight is 258 g/mol. The van der Waals surface area contributed by atoms with Crippen LogP contribution >= 0.6 is 0 Å². The molecule has 0 bridgehead atoms. The van der Waals surface area contributed by atoms with Crippen LogP contribution in [0, 0.1) is 5.92 Å². The van der Waals surface area contributed by atoms with E-state index in [4.69, 9.17) is 4.74 Å². The van der Waals surface area contributed by atoms with Gasteiger partial charge >= 0.3 is 0 Å². The number of fused-ring (bicyclic) bond motifs is 1. The van der Waals surface area contributed by atoms with Gasteiger partial charge in [0.05, 0.1) is 18.5 Å². The van der Waals surface area contributed by atoms with Crippen molar-refractivity contribution in [3.05, 3.63) is 29.1 Å². The Morgan fingerprint density at radius 1 is 1.32 bits per heavy atom. The molecule has 0 radical (unpaired) electrons. The van der Waals surface area contributed by atoms with E-state index in [1.807, 2.05) is 6.07 Å². The predicted octanol–water partition coefficient (Wildman–Crippen LogP) is 2.96. The lowest BCUT2D eigenvalue weighted by atomic mass is 9.89. The van der Waals surface area contributed by atoms with E-state index >= 15 is 0 Å². The van der Waals surface area contributed by atoms with Crippen LogP contribution in [0.3, 0.4) is 0 Å². The van der Waals surface area contributed by atoms with Crippen LogP contribution in [0.1, 0.15) is 35.1 Å². The number of aldehydes is 1. The minimum Gasteiger partial charge on any atom is -0.494 e. The van der Waals surface area contributed by atoms with Crippen molar-refractivity contribution in [2.24, 2.45) is 5.92 Å². The second kappa shape index (κ2) is 4.61. The van der Waals surface area contributed by atoms with Crippen molar-refractivity contribution >= 4 is 6.29 Å². The standard InChI is InChI=1S/C15H18N2O2/c1-9-3-4-11-10(5-9)6-12(16-11)13-7-15(19-2)14(8-18)17-13/h6-9,16-17H,3-5H2,1-2H3. The van der Waals surface area contributed by atoms with Gasteiger partial charge in [-0.2, -0.15) is 0 Å². The average Bonchev–Trinajstić information content (AvgIpc) is 3.00. The lowest BCUT2D eigenvalue weighted by Gasteiger charge is -2.17. The number of H-pyrrole nitrogens is 2. The molecule has 4 heteroatoms. The number of aromatic amines is 2. The lowest BCUT2D eigenvalue weighted by molar-refractivity contribution is 0.111. The third-order valence-corrected chi connectivity index (χ3v) is 3.89. The molecule has 0 aromatic carbocycles. The number of carbonyl (C=O) groups excluding carboxylic acids is 1. The summed E-state index contributed by atoms with van der Waals surface area (Å²) in [5.74, 6) is 1.34. The fourth-order valence-electron chi connectivity index (χ4n) is 2.81. The predicted molar refractivity (Wildman–Crippen MR) is 73.7 cm³/mol. The molecule has 19 heavy (non-hydrogen) atoms. The van der Waals surface area contributed by atoms with E-state index in [1.54, 1.807) is 7.11 Å². The molecule has 0 saturated heterocycles. The first-order valence-electron chi connectivity index (χ1n) is 6.64. The zero-order valence-corrected chi connectivity index (χ0v) is 11.2. The van der Waals surface area contributed by atoms with E-state index in [1.165, 1.54) is 17.7 Å². The van der Waals surface area contributed by atoms with Gasteiger partial charge in [-0.1, -0.05) is 6.92 Å². The number of nitrogens with one attached hydrogen (secondary N) is 2. The summed E-state index contributed by atoms with van der Waals surface area (Å²) in [4.78, 5) is 17.5. The Hall–Kier alpha value is -1.97. The molecular formula is C15H18N2O2. The number of hydrogen-bond acceptors (Lipinski definition) is 2. The number of aromatic nitrogens is 2. The van der Waals surface area contributed by atoms with E-state index in [0.717, 1.165) is 36.4 Å². The third-order valence-electron chi connectivity index (χ3n) is 3.89. The van der Waals surface area contributed by atoms with Gasteiger partial charge in [-0.15, -0.1) is 0 Å². The van der Waals surface area contributed by atoms with Crippen molar-refractivity contribution in [2.75, 3.05) is 7.11 Å². The Morgan fingerprint density at radius 2 is 2.11 bits per heavy atom. The van der Waals surface area contributed by atoms with Gasteiger partial charge in [0.2, 0.25) is 0 Å². The van der Waals surface area contributed by atoms with E-state index in [2.05, 4.69) is 23.0 Å². The smallest absolute Gasteiger partial charge is 0.170 e. The molecule has 1 aliphatic rings. The molecule has 0 aliphatic heterocycles. The highest BCUT2D eigenvalue weighted by Gasteiger charge is 2.19. The Morgan fingerprint density at radius 3 is 2.79 bits per heavy atom. The summed E-state index contributed by atoms with van der Waals surface area (Å²) in [7, 11) is 1.57. The summed E-state index contributed by atoms with van der Waals surface area (Å²) >= 11 is 0. The highest BCUT2D eigenvalue weighted by atomic mass is 16.5. The third kappa shape index (κ3) is 2.07. The number of rotatable bonds is 3. The highest BCUT2D eigenvalue weighted by Crippen LogP contribution is 2.31. The van der Waals surface area contributed by atoms with Gasteiger partial charge in [0, 0.05) is 11.8 Å². The molecule has 2 aromatic heterocycles. The first-order chi connectivity index (χ1) is 9.21. The van der Waals surface area contributed by atoms with E-state index < -0.39 is 0 Å². The largest absolute Gasteiger partial charge is 0.494 e. The highest BCUT2D eigenvalue weighted by molar-refractivity contribution is 5.80. The number of hydrogen-bond donors (Lipinski definition) is 2. The zero-order valence-electron chi connectivity index (χ0n) is 11.2. The first kappa shape index (κ1) is 12.1. The summed E-state index contributed by atoms with van der Waals surface area (Å²) in [5, 5.41) is 0. The second-order valence-electron chi connectivity index (χ2n) is 5.32. The molecule has 1 atom stereocenters. The fraction of sp³-hybridized carbons (Fsp3) is 0.400. The molecule has 100 valence electrons. The molecule has 1 unspecified atom stereocenters. The van der Waals surface area contributed by atoms with Gasteiger partial charge in [0.15, 0.2) is 6.29 Å². The second-order valence-corrected chi connectivity index (χ2v) is 5.32. The maximum absolute atomic E-state index is 10.9. The molecule has 3 rings (SSSR count). The van der Waals surface area contributed by atoms with Crippen LogP contribution in [0.4, 0.5) is 0 Å². The van der Waals surface area contributed by atoms with Crippen LogP contribution in [0.25, 0.3) is 11.4 Å². The molecule has 0 fully saturated rings. The number of carbonyl (C=O) groups is 1. The summed E-state index contributed by atoms with van der Waals surface area (Å²) in [5.41, 5.74) is 5.15. The Labute approximate surface area is 112 Å². The molecule has 0 spiro atoms. The van der Waals surface area contributed by atoms with Crippen molar-refractivity contribution < 1.29 is 9.53 Å². The van der Waals surface area contributed by atoms with Gasteiger partial charge < -0.3 is 14.7 Å². The minimum absolute atomic E-state index is 0.485. The van der Waals surface area contributed by atoms with Crippen LogP contribution in [0.2, 0.25) is 0 Å². The summed E-state index contributed by atoms with van der Waals surface area (Å²) in [6, 6.07) is 4.05. The normalized spacial score (nSPS) is 18.1. The molecule has 4 nitrogen and oxygen atoms in total. The van der Waals surface area contributed by atoms with Crippen LogP contribution < -0.4 is 4.74 Å². The first-order valence-corrected chi connectivity index (χ1v) is 6.64. The molecule has 1 aliphatic carbocycles. The molecule has 2 N–H and O–H groups in total. The van der Waals surface area contributed by atoms with Gasteiger partial charge in [-0.3, -0.25) is 4.79 Å². The topological polar surface area (TPSA) is 57.9 Å². The lowest BCUT2D eigenvalue weighted by Crippen LogP contribution is -2.09. The van der Waals surface area contributed by atoms with Crippen molar-refractivity contribution in [3.8, 4) is 17.1 Å². The quantitative estimate of drug-likeness (QED) is 0.831. The van der Waals surface area contributed by atoms with Crippen LogP contribution in [-0.2, 0) is 12.8 Å². The van der Waals surface area contributed by atoms with Gasteiger partial charge in [0.1, 0.15) is 11.4 Å². The van der Waals surface area contributed by atoms with Gasteiger partial charge in [0.25, 0.3) is 0 Å². The number of ether oxygens (including phenoxy) is 1. The Kier molecular flexibility index (Phi) is 2.93. The van der Waals surface area contributed by atoms with Gasteiger partial charge in [-0.25, -0.2) is 0 Å². The van der Waals surface area contributed by atoms with E-state index in [0.29, 0.717) is 11.4 Å². The van der Waals surface area contributed by atoms with Crippen LogP contribution in [0.5, 0.6) is 5.75 Å². The van der Waals surface area contributed by atoms with Crippen LogP contribution in [-0.4, -0.2) is 23.4 Å². The van der Waals surface area contributed by atoms with E-state index in [-0.39, 0.29) is 0 Å². The summed E-state index contributed by atoms with van der Waals surface area (Å²) in [6.45, 7) is 2.29. The van der Waals surface area contributed by atoms with Crippen molar-refractivity contribution in [1.29, 1.82) is 0 Å². The van der Waals surface area contributed by atoms with E-state index in [9.17, 15) is 4.79 Å². The Balaban J connectivity index is 1.98. The van der Waals surface area contributed by atoms with Crippen molar-refractivity contribution in [3.63, 3.8) is 0 Å².